The lowest BCUT2D eigenvalue weighted by Gasteiger charge is -1.63. The van der Waals surface area contributed by atoms with Gasteiger partial charge in [-0.3, -0.25) is 0 Å². The highest BCUT2D eigenvalue weighted by Crippen LogP contribution is 1.71. The topological polar surface area (TPSA) is 20.2 Å². The van der Waals surface area contributed by atoms with E-state index in [0.717, 1.165) is 6.26 Å². The summed E-state index contributed by atoms with van der Waals surface area (Å²) < 4.78 is 0. The van der Waals surface area contributed by atoms with Gasteiger partial charge in [0.05, 0.1) is 6.26 Å². The molecule has 0 heterocycles. The molecule has 0 aliphatic rings. The van der Waals surface area contributed by atoms with Gasteiger partial charge in [0.25, 0.3) is 0 Å². The first kappa shape index (κ1) is 4.83. The van der Waals surface area contributed by atoms with Gasteiger partial charge in [0.2, 0.25) is 0 Å². The molecular formula is C3H5ClO. The number of halogens is 1. The summed E-state index contributed by atoms with van der Waals surface area (Å²) in [4.78, 5) is 0. The van der Waals surface area contributed by atoms with Crippen molar-refractivity contribution in [3.8, 4) is 0 Å². The summed E-state index contributed by atoms with van der Waals surface area (Å²) in [7, 11) is 0. The minimum absolute atomic E-state index is 0.385. The lowest BCUT2D eigenvalue weighted by molar-refractivity contribution is 0.473. The van der Waals surface area contributed by atoms with Gasteiger partial charge < -0.3 is 5.11 Å². The molecule has 0 unspecified atom stereocenters. The number of hydrogen-bond donors (Lipinski definition) is 1. The SMILES string of the molecule is O/C=C/CCl. The molecule has 1 nitrogen and oxygen atoms in total. The predicted molar refractivity (Wildman–Crippen MR) is 22.5 cm³/mol. The molecule has 2 heteroatoms. The van der Waals surface area contributed by atoms with Gasteiger partial charge >= 0.3 is 0 Å². The molecule has 5 heavy (non-hydrogen) atoms. The van der Waals surface area contributed by atoms with Crippen LogP contribution in [0.15, 0.2) is 12.3 Å². The summed E-state index contributed by atoms with van der Waals surface area (Å²) in [5.74, 6) is 0.385. The van der Waals surface area contributed by atoms with E-state index in [1.165, 1.54) is 6.08 Å². The molecule has 1 N–H and O–H groups in total. The fraction of sp³-hybridized carbons (Fsp3) is 0.333. The van der Waals surface area contributed by atoms with E-state index < -0.39 is 0 Å². The minimum atomic E-state index is 0.385. The molecule has 0 aromatic rings. The van der Waals surface area contributed by atoms with Crippen LogP contribution in [0.25, 0.3) is 0 Å². The summed E-state index contributed by atoms with van der Waals surface area (Å²) in [5.41, 5.74) is 0. The smallest absolute Gasteiger partial charge is 0.0763 e. The molecule has 0 rings (SSSR count). The van der Waals surface area contributed by atoms with Crippen molar-refractivity contribution in [3.63, 3.8) is 0 Å². The Morgan fingerprint density at radius 1 is 1.80 bits per heavy atom. The zero-order valence-electron chi connectivity index (χ0n) is 2.69. The van der Waals surface area contributed by atoms with Crippen molar-refractivity contribution < 1.29 is 5.11 Å². The Labute approximate surface area is 35.9 Å². The Balaban J connectivity index is 2.62. The van der Waals surface area contributed by atoms with Crippen LogP contribution >= 0.6 is 11.6 Å². The van der Waals surface area contributed by atoms with Gasteiger partial charge in [0, 0.05) is 5.88 Å². The first-order chi connectivity index (χ1) is 2.41. The summed E-state index contributed by atoms with van der Waals surface area (Å²) in [6.07, 6.45) is 2.37. The molecule has 0 aromatic carbocycles. The Kier molecular flexibility index (Phi) is 3.70. The van der Waals surface area contributed by atoms with Crippen molar-refractivity contribution in [2.45, 2.75) is 0 Å². The number of allylic oxidation sites excluding steroid dienone is 1. The van der Waals surface area contributed by atoms with Gasteiger partial charge in [-0.2, -0.15) is 0 Å². The summed E-state index contributed by atoms with van der Waals surface area (Å²) in [6, 6.07) is 0. The third-order valence-corrected chi connectivity index (χ3v) is 0.373. The molecule has 0 bridgehead atoms. The van der Waals surface area contributed by atoms with E-state index in [2.05, 4.69) is 0 Å². The van der Waals surface area contributed by atoms with Crippen LogP contribution < -0.4 is 0 Å². The highest BCUT2D eigenvalue weighted by Gasteiger charge is 1.56. The predicted octanol–water partition coefficient (Wildman–Crippen LogP) is 1.30. The van der Waals surface area contributed by atoms with Crippen molar-refractivity contribution in [3.05, 3.63) is 12.3 Å². The van der Waals surface area contributed by atoms with Crippen LogP contribution in [0.1, 0.15) is 0 Å². The molecule has 0 spiro atoms. The second-order valence-corrected chi connectivity index (χ2v) is 0.848. The van der Waals surface area contributed by atoms with Crippen molar-refractivity contribution in [2.75, 3.05) is 5.88 Å². The maximum absolute atomic E-state index is 7.80. The van der Waals surface area contributed by atoms with Crippen LogP contribution in [0.2, 0.25) is 0 Å². The second kappa shape index (κ2) is 3.83. The van der Waals surface area contributed by atoms with Crippen LogP contribution in [0.4, 0.5) is 0 Å². The van der Waals surface area contributed by atoms with E-state index in [-0.39, 0.29) is 0 Å². The van der Waals surface area contributed by atoms with E-state index in [9.17, 15) is 0 Å². The molecule has 30 valence electrons. The van der Waals surface area contributed by atoms with Crippen LogP contribution in [-0.4, -0.2) is 11.0 Å². The highest BCUT2D eigenvalue weighted by atomic mass is 35.5. The molecular weight excluding hydrogens is 87.5 g/mol. The maximum Gasteiger partial charge on any atom is 0.0763 e. The monoisotopic (exact) mass is 92.0 g/mol. The number of aliphatic hydroxyl groups is 1. The van der Waals surface area contributed by atoms with Crippen LogP contribution in [0.5, 0.6) is 0 Å². The van der Waals surface area contributed by atoms with Gasteiger partial charge in [0.15, 0.2) is 0 Å². The van der Waals surface area contributed by atoms with Crippen LogP contribution in [0, 0.1) is 0 Å². The maximum atomic E-state index is 7.80. The Morgan fingerprint density at radius 2 is 2.40 bits per heavy atom. The molecule has 0 fully saturated rings. The van der Waals surface area contributed by atoms with E-state index in [1.54, 1.807) is 0 Å². The Bertz CT molecular complexity index is 33.9. The normalized spacial score (nSPS) is 9.80. The summed E-state index contributed by atoms with van der Waals surface area (Å²) in [6.45, 7) is 0. The van der Waals surface area contributed by atoms with Gasteiger partial charge in [-0.15, -0.1) is 11.6 Å². The molecule has 0 atom stereocenters. The minimum Gasteiger partial charge on any atom is -0.516 e. The number of alkyl halides is 1. The van der Waals surface area contributed by atoms with Crippen molar-refractivity contribution in [1.29, 1.82) is 0 Å². The van der Waals surface area contributed by atoms with Crippen LogP contribution in [0.3, 0.4) is 0 Å². The number of hydrogen-bond acceptors (Lipinski definition) is 1. The molecule has 0 radical (unpaired) electrons. The zero-order valence-corrected chi connectivity index (χ0v) is 3.44. The number of rotatable bonds is 1. The zero-order chi connectivity index (χ0) is 4.12. The summed E-state index contributed by atoms with van der Waals surface area (Å²) in [5, 5.41) is 7.80. The third-order valence-electron chi connectivity index (χ3n) is 0.194. The Morgan fingerprint density at radius 3 is 2.40 bits per heavy atom. The van der Waals surface area contributed by atoms with Gasteiger partial charge in [-0.05, 0) is 6.08 Å². The third kappa shape index (κ3) is 3.83. The fourth-order valence-corrected chi connectivity index (χ4v) is 0.120. The van der Waals surface area contributed by atoms with Gasteiger partial charge in [-0.25, -0.2) is 0 Å². The quantitative estimate of drug-likeness (QED) is 0.382. The van der Waals surface area contributed by atoms with Gasteiger partial charge in [0.1, 0.15) is 0 Å². The average molecular weight is 92.5 g/mol. The average Bonchev–Trinajstić information content (AvgIpc) is 1.41. The van der Waals surface area contributed by atoms with Crippen molar-refractivity contribution in [1.82, 2.24) is 0 Å². The highest BCUT2D eigenvalue weighted by molar-refractivity contribution is 6.18. The number of aliphatic hydroxyl groups excluding tert-OH is 1. The van der Waals surface area contributed by atoms with Crippen LogP contribution in [-0.2, 0) is 0 Å². The lowest BCUT2D eigenvalue weighted by Crippen LogP contribution is -1.54. The molecule has 0 saturated heterocycles. The molecule has 0 aliphatic heterocycles. The molecule has 0 aromatic heterocycles. The van der Waals surface area contributed by atoms with E-state index in [4.69, 9.17) is 16.7 Å². The van der Waals surface area contributed by atoms with E-state index >= 15 is 0 Å². The van der Waals surface area contributed by atoms with Crippen molar-refractivity contribution in [2.24, 2.45) is 0 Å². The first-order valence-corrected chi connectivity index (χ1v) is 1.80. The van der Waals surface area contributed by atoms with Gasteiger partial charge in [-0.1, -0.05) is 0 Å². The molecule has 0 aliphatic carbocycles. The molecule has 0 saturated carbocycles. The summed E-state index contributed by atoms with van der Waals surface area (Å²) >= 11 is 5.05. The second-order valence-electron chi connectivity index (χ2n) is 0.539. The largest absolute Gasteiger partial charge is 0.516 e. The lowest BCUT2D eigenvalue weighted by atomic mass is 10.7. The van der Waals surface area contributed by atoms with E-state index in [1.807, 2.05) is 0 Å². The van der Waals surface area contributed by atoms with Crippen molar-refractivity contribution >= 4 is 11.6 Å². The van der Waals surface area contributed by atoms with E-state index in [0.29, 0.717) is 5.88 Å². The first-order valence-electron chi connectivity index (χ1n) is 1.27. The standard InChI is InChI=1S/C3H5ClO/c4-2-1-3-5/h1,3,5H,2H2/b3-1+. The Hall–Kier alpha value is -0.170. The fourth-order valence-electron chi connectivity index (χ4n) is 0.0398. The molecule has 0 amide bonds.